The summed E-state index contributed by atoms with van der Waals surface area (Å²) in [6.45, 7) is 0. The average Bonchev–Trinajstić information content (AvgIpc) is 2.50. The first-order valence-corrected chi connectivity index (χ1v) is 6.32. The van der Waals surface area contributed by atoms with E-state index in [2.05, 4.69) is 10.9 Å². The number of hydrogen-bond donors (Lipinski definition) is 2. The van der Waals surface area contributed by atoms with E-state index in [1.165, 1.54) is 23.9 Å². The molecule has 1 aromatic heterocycles. The molecule has 7 heteroatoms. The molecular weight excluding hydrogens is 292 g/mol. The number of anilines is 1. The maximum atomic E-state index is 12.0. The van der Waals surface area contributed by atoms with Crippen LogP contribution in [0.3, 0.4) is 0 Å². The molecule has 0 atom stereocenters. The van der Waals surface area contributed by atoms with Crippen LogP contribution in [0, 0.1) is 11.3 Å². The van der Waals surface area contributed by atoms with E-state index in [0.29, 0.717) is 11.3 Å². The van der Waals surface area contributed by atoms with Crippen molar-refractivity contribution in [1.82, 2.24) is 9.99 Å². The molecule has 2 aromatic rings. The minimum Gasteiger partial charge on any atom is -0.317 e. The van der Waals surface area contributed by atoms with Gasteiger partial charge in [0.2, 0.25) is 0 Å². The van der Waals surface area contributed by atoms with Gasteiger partial charge in [0.25, 0.3) is 11.5 Å². The van der Waals surface area contributed by atoms with Crippen LogP contribution in [-0.4, -0.2) is 10.5 Å². The Morgan fingerprint density at radius 3 is 2.57 bits per heavy atom. The molecule has 2 N–H and O–H groups in total. The Morgan fingerprint density at radius 1 is 1.33 bits per heavy atom. The fraction of sp³-hybridized carbons (Fsp3) is 0.0714. The quantitative estimate of drug-likeness (QED) is 0.844. The van der Waals surface area contributed by atoms with Gasteiger partial charge in [-0.1, -0.05) is 11.6 Å². The monoisotopic (exact) mass is 302 g/mol. The van der Waals surface area contributed by atoms with E-state index in [9.17, 15) is 9.59 Å². The van der Waals surface area contributed by atoms with E-state index < -0.39 is 5.91 Å². The van der Waals surface area contributed by atoms with Gasteiger partial charge >= 0.3 is 0 Å². The van der Waals surface area contributed by atoms with Crippen molar-refractivity contribution < 1.29 is 4.79 Å². The molecule has 1 heterocycles. The van der Waals surface area contributed by atoms with Gasteiger partial charge in [-0.25, -0.2) is 0 Å². The molecule has 1 aromatic carbocycles. The van der Waals surface area contributed by atoms with Crippen LogP contribution < -0.4 is 16.4 Å². The summed E-state index contributed by atoms with van der Waals surface area (Å²) in [6, 6.07) is 9.87. The predicted molar refractivity (Wildman–Crippen MR) is 78.9 cm³/mol. The van der Waals surface area contributed by atoms with Crippen molar-refractivity contribution in [2.45, 2.75) is 0 Å². The minimum absolute atomic E-state index is 0.0245. The summed E-state index contributed by atoms with van der Waals surface area (Å²) in [7, 11) is 1.51. The lowest BCUT2D eigenvalue weighted by Gasteiger charge is -2.09. The lowest BCUT2D eigenvalue weighted by atomic mass is 10.2. The van der Waals surface area contributed by atoms with E-state index >= 15 is 0 Å². The minimum atomic E-state index is -0.433. The number of rotatable bonds is 3. The van der Waals surface area contributed by atoms with Gasteiger partial charge in [0.15, 0.2) is 0 Å². The number of pyridine rings is 1. The van der Waals surface area contributed by atoms with Crippen LogP contribution in [0.4, 0.5) is 5.69 Å². The number of halogens is 1. The van der Waals surface area contributed by atoms with Gasteiger partial charge in [-0.2, -0.15) is 5.26 Å². The molecule has 0 fully saturated rings. The first-order valence-electron chi connectivity index (χ1n) is 5.94. The Kier molecular flexibility index (Phi) is 4.26. The van der Waals surface area contributed by atoms with E-state index in [1.54, 1.807) is 24.3 Å². The first-order chi connectivity index (χ1) is 10.0. The molecule has 0 radical (unpaired) electrons. The molecule has 0 saturated heterocycles. The molecule has 0 aliphatic carbocycles. The zero-order chi connectivity index (χ0) is 15.4. The second kappa shape index (κ2) is 6.11. The third kappa shape index (κ3) is 3.41. The van der Waals surface area contributed by atoms with E-state index in [-0.39, 0.29) is 16.1 Å². The highest BCUT2D eigenvalue weighted by atomic mass is 35.5. The number of hydrazine groups is 1. The van der Waals surface area contributed by atoms with Gasteiger partial charge in [-0.05, 0) is 30.3 Å². The van der Waals surface area contributed by atoms with Crippen LogP contribution in [0.5, 0.6) is 0 Å². The summed E-state index contributed by atoms with van der Waals surface area (Å²) < 4.78 is 1.24. The van der Waals surface area contributed by atoms with Crippen molar-refractivity contribution in [3.05, 3.63) is 63.0 Å². The Balaban J connectivity index is 2.08. The van der Waals surface area contributed by atoms with E-state index in [0.717, 1.165) is 0 Å². The number of nitrogens with one attached hydrogen (secondary N) is 2. The number of nitrogens with zero attached hydrogens (tertiary/aromatic N) is 2. The first kappa shape index (κ1) is 14.6. The van der Waals surface area contributed by atoms with Crippen molar-refractivity contribution in [3.63, 3.8) is 0 Å². The highest BCUT2D eigenvalue weighted by Crippen LogP contribution is 2.08. The molecule has 0 spiro atoms. The van der Waals surface area contributed by atoms with Gasteiger partial charge in [0, 0.05) is 13.2 Å². The number of carbonyl (C=O) groups is 1. The van der Waals surface area contributed by atoms with Crippen molar-refractivity contribution in [2.24, 2.45) is 7.05 Å². The van der Waals surface area contributed by atoms with Crippen LogP contribution >= 0.6 is 11.6 Å². The summed E-state index contributed by atoms with van der Waals surface area (Å²) in [4.78, 5) is 23.4. The second-order valence-electron chi connectivity index (χ2n) is 4.26. The molecule has 0 aliphatic rings. The maximum absolute atomic E-state index is 12.0. The van der Waals surface area contributed by atoms with Crippen LogP contribution in [0.25, 0.3) is 0 Å². The van der Waals surface area contributed by atoms with Gasteiger partial charge < -0.3 is 4.57 Å². The number of carbonyl (C=O) groups excluding carboxylic acids is 1. The second-order valence-corrected chi connectivity index (χ2v) is 4.67. The molecule has 1 amide bonds. The smallest absolute Gasteiger partial charge is 0.271 e. The fourth-order valence-electron chi connectivity index (χ4n) is 1.62. The topological polar surface area (TPSA) is 86.9 Å². The van der Waals surface area contributed by atoms with Gasteiger partial charge in [0.1, 0.15) is 5.02 Å². The lowest BCUT2D eigenvalue weighted by molar-refractivity contribution is 0.0962. The van der Waals surface area contributed by atoms with E-state index in [1.807, 2.05) is 6.07 Å². The number of nitriles is 1. The molecule has 2 rings (SSSR count). The number of aryl methyl sites for hydroxylation is 1. The predicted octanol–water partition coefficient (Wildman–Crippen LogP) is 1.67. The average molecular weight is 303 g/mol. The molecule has 0 unspecified atom stereocenters. The highest BCUT2D eigenvalue weighted by Gasteiger charge is 2.09. The van der Waals surface area contributed by atoms with Crippen LogP contribution in [0.1, 0.15) is 15.9 Å². The molecule has 0 saturated carbocycles. The zero-order valence-corrected chi connectivity index (χ0v) is 11.8. The summed E-state index contributed by atoms with van der Waals surface area (Å²) in [6.07, 6.45) is 1.39. The van der Waals surface area contributed by atoms with Crippen molar-refractivity contribution >= 4 is 23.2 Å². The number of amides is 1. The Bertz CT molecular complexity index is 749. The SMILES string of the molecule is Cn1cc(C(=O)NNc2ccc(C#N)cc2)cc(Cl)c1=O. The number of aromatic nitrogens is 1. The Hall–Kier alpha value is -2.78. The molecule has 106 valence electrons. The number of benzene rings is 1. The lowest BCUT2D eigenvalue weighted by Crippen LogP contribution is -2.30. The molecule has 21 heavy (non-hydrogen) atoms. The molecule has 0 aliphatic heterocycles. The van der Waals surface area contributed by atoms with Crippen LogP contribution in [-0.2, 0) is 7.05 Å². The van der Waals surface area contributed by atoms with Crippen molar-refractivity contribution in [3.8, 4) is 6.07 Å². The van der Waals surface area contributed by atoms with Crippen molar-refractivity contribution in [2.75, 3.05) is 5.43 Å². The van der Waals surface area contributed by atoms with Crippen LogP contribution in [0.2, 0.25) is 5.02 Å². The van der Waals surface area contributed by atoms with E-state index in [4.69, 9.17) is 16.9 Å². The fourth-order valence-corrected chi connectivity index (χ4v) is 1.88. The van der Waals surface area contributed by atoms with Crippen LogP contribution in [0.15, 0.2) is 41.3 Å². The summed E-state index contributed by atoms with van der Waals surface area (Å²) in [5.41, 5.74) is 6.22. The maximum Gasteiger partial charge on any atom is 0.271 e. The highest BCUT2D eigenvalue weighted by molar-refractivity contribution is 6.30. The van der Waals surface area contributed by atoms with Gasteiger partial charge in [-0.15, -0.1) is 0 Å². The number of hydrogen-bond acceptors (Lipinski definition) is 4. The third-order valence-corrected chi connectivity index (χ3v) is 3.01. The molecular formula is C14H11ClN4O2. The Morgan fingerprint density at radius 2 is 2.00 bits per heavy atom. The largest absolute Gasteiger partial charge is 0.317 e. The summed E-state index contributed by atoms with van der Waals surface area (Å²) in [5.74, 6) is -0.433. The summed E-state index contributed by atoms with van der Waals surface area (Å²) in [5, 5.41) is 8.66. The standard InChI is InChI=1S/C14H11ClN4O2/c1-19-8-10(6-12(15)14(19)21)13(20)18-17-11-4-2-9(7-16)3-5-11/h2-6,8,17H,1H3,(H,18,20). The summed E-state index contributed by atoms with van der Waals surface area (Å²) >= 11 is 5.75. The van der Waals surface area contributed by atoms with Gasteiger partial charge in [0.05, 0.1) is 22.9 Å². The molecule has 6 nitrogen and oxygen atoms in total. The normalized spacial score (nSPS) is 9.76. The Labute approximate surface area is 125 Å². The van der Waals surface area contributed by atoms with Crippen molar-refractivity contribution in [1.29, 1.82) is 5.26 Å². The molecule has 0 bridgehead atoms. The third-order valence-electron chi connectivity index (χ3n) is 2.74. The van der Waals surface area contributed by atoms with Gasteiger partial charge in [-0.3, -0.25) is 20.4 Å². The zero-order valence-electron chi connectivity index (χ0n) is 11.1.